The Morgan fingerprint density at radius 1 is 1.40 bits per heavy atom. The Bertz CT molecular complexity index is 341. The highest BCUT2D eigenvalue weighted by atomic mass is 79.9. The number of anilines is 1. The minimum absolute atomic E-state index is 0.229. The first kappa shape index (κ1) is 12.2. The van der Waals surface area contributed by atoms with Crippen LogP contribution in [0.5, 0.6) is 5.75 Å². The van der Waals surface area contributed by atoms with Crippen LogP contribution in [0, 0.1) is 0 Å². The zero-order valence-electron chi connectivity index (χ0n) is 7.86. The molecule has 0 saturated carbocycles. The highest BCUT2D eigenvalue weighted by molar-refractivity contribution is 9.10. The zero-order valence-corrected chi connectivity index (χ0v) is 9.45. The van der Waals surface area contributed by atoms with Crippen LogP contribution in [0.3, 0.4) is 0 Å². The van der Waals surface area contributed by atoms with Gasteiger partial charge in [-0.1, -0.05) is 15.9 Å². The van der Waals surface area contributed by atoms with Gasteiger partial charge in [0.2, 0.25) is 0 Å². The third-order valence-electron chi connectivity index (χ3n) is 1.53. The summed E-state index contributed by atoms with van der Waals surface area (Å²) in [5.74, 6) is -0.229. The molecule has 0 radical (unpaired) electrons. The van der Waals surface area contributed by atoms with Crippen LogP contribution in [0.4, 0.5) is 18.9 Å². The van der Waals surface area contributed by atoms with Crippen molar-refractivity contribution in [3.63, 3.8) is 0 Å². The van der Waals surface area contributed by atoms with Crippen molar-refractivity contribution in [2.75, 3.05) is 11.9 Å². The summed E-state index contributed by atoms with van der Waals surface area (Å²) in [6.07, 6.45) is -4.67. The van der Waals surface area contributed by atoms with Crippen LogP contribution in [0.25, 0.3) is 0 Å². The largest absolute Gasteiger partial charge is 0.573 e. The van der Waals surface area contributed by atoms with Gasteiger partial charge in [0.15, 0.2) is 5.75 Å². The van der Waals surface area contributed by atoms with Crippen molar-refractivity contribution in [1.82, 2.24) is 0 Å². The lowest BCUT2D eigenvalue weighted by atomic mass is 10.3. The van der Waals surface area contributed by atoms with Crippen molar-refractivity contribution in [1.29, 1.82) is 0 Å². The van der Waals surface area contributed by atoms with Gasteiger partial charge >= 0.3 is 6.36 Å². The molecule has 0 aliphatic rings. The molecule has 84 valence electrons. The molecule has 0 saturated heterocycles. The van der Waals surface area contributed by atoms with Gasteiger partial charge < -0.3 is 10.1 Å². The van der Waals surface area contributed by atoms with Crippen LogP contribution in [0.15, 0.2) is 22.7 Å². The van der Waals surface area contributed by atoms with E-state index < -0.39 is 6.36 Å². The smallest absolute Gasteiger partial charge is 0.404 e. The Balaban J connectivity index is 2.95. The van der Waals surface area contributed by atoms with Crippen molar-refractivity contribution < 1.29 is 17.9 Å². The fourth-order valence-electron chi connectivity index (χ4n) is 1.04. The summed E-state index contributed by atoms with van der Waals surface area (Å²) >= 11 is 3.17. The van der Waals surface area contributed by atoms with Gasteiger partial charge in [-0.3, -0.25) is 0 Å². The maximum atomic E-state index is 12.0. The molecule has 0 unspecified atom stereocenters. The van der Waals surface area contributed by atoms with E-state index in [1.807, 2.05) is 0 Å². The van der Waals surface area contributed by atoms with Gasteiger partial charge in [-0.25, -0.2) is 0 Å². The van der Waals surface area contributed by atoms with E-state index in [4.69, 9.17) is 0 Å². The maximum absolute atomic E-state index is 12.0. The maximum Gasteiger partial charge on any atom is 0.573 e. The molecule has 1 aromatic rings. The molecule has 1 aromatic carbocycles. The lowest BCUT2D eigenvalue weighted by Gasteiger charge is -2.14. The van der Waals surface area contributed by atoms with Crippen molar-refractivity contribution in [3.05, 3.63) is 22.7 Å². The van der Waals surface area contributed by atoms with Crippen molar-refractivity contribution in [2.45, 2.75) is 13.3 Å². The highest BCUT2D eigenvalue weighted by Crippen LogP contribution is 2.32. The Labute approximate surface area is 93.6 Å². The first-order valence-electron chi connectivity index (χ1n) is 4.21. The molecule has 0 spiro atoms. The van der Waals surface area contributed by atoms with Gasteiger partial charge in [0.25, 0.3) is 0 Å². The van der Waals surface area contributed by atoms with E-state index >= 15 is 0 Å². The SMILES string of the molecule is CCNc1cc(Br)ccc1OC(F)(F)F. The Morgan fingerprint density at radius 2 is 2.07 bits per heavy atom. The van der Waals surface area contributed by atoms with E-state index in [9.17, 15) is 13.2 Å². The molecule has 0 aromatic heterocycles. The van der Waals surface area contributed by atoms with Crippen molar-refractivity contribution in [3.8, 4) is 5.75 Å². The normalized spacial score (nSPS) is 11.3. The topological polar surface area (TPSA) is 21.3 Å². The van der Waals surface area contributed by atoms with Crippen LogP contribution >= 0.6 is 15.9 Å². The summed E-state index contributed by atoms with van der Waals surface area (Å²) in [6.45, 7) is 2.31. The molecule has 0 amide bonds. The third kappa shape index (κ3) is 3.99. The molecule has 0 aliphatic carbocycles. The van der Waals surface area contributed by atoms with Crippen LogP contribution in [-0.4, -0.2) is 12.9 Å². The zero-order chi connectivity index (χ0) is 11.5. The van der Waals surface area contributed by atoms with E-state index in [-0.39, 0.29) is 5.75 Å². The fraction of sp³-hybridized carbons (Fsp3) is 0.333. The number of alkyl halides is 3. The minimum atomic E-state index is -4.67. The molecular formula is C9H9BrF3NO. The second-order valence-electron chi connectivity index (χ2n) is 2.72. The van der Waals surface area contributed by atoms with E-state index in [0.717, 1.165) is 0 Å². The first-order chi connectivity index (χ1) is 6.92. The van der Waals surface area contributed by atoms with Crippen LogP contribution in [0.2, 0.25) is 0 Å². The summed E-state index contributed by atoms with van der Waals surface area (Å²) < 4.78 is 40.5. The molecule has 2 nitrogen and oxygen atoms in total. The minimum Gasteiger partial charge on any atom is -0.404 e. The molecule has 1 N–H and O–H groups in total. The molecule has 0 heterocycles. The Morgan fingerprint density at radius 3 is 2.60 bits per heavy atom. The van der Waals surface area contributed by atoms with Gasteiger partial charge in [0, 0.05) is 11.0 Å². The number of hydrogen-bond donors (Lipinski definition) is 1. The number of nitrogens with one attached hydrogen (secondary N) is 1. The van der Waals surface area contributed by atoms with Gasteiger partial charge in [0.1, 0.15) is 0 Å². The van der Waals surface area contributed by atoms with Gasteiger partial charge in [-0.05, 0) is 25.1 Å². The van der Waals surface area contributed by atoms with E-state index in [2.05, 4.69) is 26.0 Å². The summed E-state index contributed by atoms with van der Waals surface area (Å²) in [6, 6.07) is 4.28. The monoisotopic (exact) mass is 283 g/mol. The second-order valence-corrected chi connectivity index (χ2v) is 3.63. The van der Waals surface area contributed by atoms with E-state index in [1.165, 1.54) is 18.2 Å². The summed E-state index contributed by atoms with van der Waals surface area (Å²) in [5, 5.41) is 2.78. The van der Waals surface area contributed by atoms with Crippen molar-refractivity contribution >= 4 is 21.6 Å². The number of rotatable bonds is 3. The predicted octanol–water partition coefficient (Wildman–Crippen LogP) is 3.78. The molecule has 0 atom stereocenters. The Kier molecular flexibility index (Phi) is 3.84. The standard InChI is InChI=1S/C9H9BrF3NO/c1-2-14-7-5-6(10)3-4-8(7)15-9(11,12)13/h3-5,14H,2H2,1H3. The van der Waals surface area contributed by atoms with Gasteiger partial charge in [-0.15, -0.1) is 13.2 Å². The van der Waals surface area contributed by atoms with Crippen LogP contribution < -0.4 is 10.1 Å². The first-order valence-corrected chi connectivity index (χ1v) is 5.01. The molecule has 0 bridgehead atoms. The quantitative estimate of drug-likeness (QED) is 0.912. The van der Waals surface area contributed by atoms with E-state index in [0.29, 0.717) is 16.7 Å². The second kappa shape index (κ2) is 4.74. The summed E-state index contributed by atoms with van der Waals surface area (Å²) in [5.41, 5.74) is 0.309. The predicted molar refractivity (Wildman–Crippen MR) is 55.0 cm³/mol. The summed E-state index contributed by atoms with van der Waals surface area (Å²) in [4.78, 5) is 0. The Hall–Kier alpha value is -0.910. The average molecular weight is 284 g/mol. The van der Waals surface area contributed by atoms with Crippen LogP contribution in [-0.2, 0) is 0 Å². The van der Waals surface area contributed by atoms with Gasteiger partial charge in [0.05, 0.1) is 5.69 Å². The average Bonchev–Trinajstić information content (AvgIpc) is 2.08. The molecular weight excluding hydrogens is 275 g/mol. The summed E-state index contributed by atoms with van der Waals surface area (Å²) in [7, 11) is 0. The molecule has 15 heavy (non-hydrogen) atoms. The fourth-order valence-corrected chi connectivity index (χ4v) is 1.41. The number of hydrogen-bond acceptors (Lipinski definition) is 2. The molecule has 0 aliphatic heterocycles. The van der Waals surface area contributed by atoms with Crippen LogP contribution in [0.1, 0.15) is 6.92 Å². The lowest BCUT2D eigenvalue weighted by Crippen LogP contribution is -2.18. The number of halogens is 4. The number of benzene rings is 1. The molecule has 6 heteroatoms. The third-order valence-corrected chi connectivity index (χ3v) is 2.03. The van der Waals surface area contributed by atoms with E-state index in [1.54, 1.807) is 6.92 Å². The lowest BCUT2D eigenvalue weighted by molar-refractivity contribution is -0.274. The highest BCUT2D eigenvalue weighted by Gasteiger charge is 2.32. The van der Waals surface area contributed by atoms with Crippen molar-refractivity contribution in [2.24, 2.45) is 0 Å². The van der Waals surface area contributed by atoms with Gasteiger partial charge in [-0.2, -0.15) is 0 Å². The number of ether oxygens (including phenoxy) is 1. The molecule has 1 rings (SSSR count). The molecule has 0 fully saturated rings.